The van der Waals surface area contributed by atoms with E-state index in [1.807, 2.05) is 41.5 Å². The van der Waals surface area contributed by atoms with E-state index in [1.54, 1.807) is 36.4 Å². The van der Waals surface area contributed by atoms with E-state index in [4.69, 9.17) is 20.3 Å². The molecule has 0 atom stereocenters. The molecule has 6 aliphatic heterocycles. The first kappa shape index (κ1) is 35.0. The molecule has 4 aromatic carbocycles. The minimum atomic E-state index is -2.43. The van der Waals surface area contributed by atoms with Gasteiger partial charge in [0, 0.05) is 33.0 Å². The molecular formula is C42H40N2O10. The number of fused-ring (bicyclic) bond motifs is 2. The number of hydrogen-bond acceptors (Lipinski definition) is 10. The fourth-order valence-corrected chi connectivity index (χ4v) is 6.75. The Morgan fingerprint density at radius 2 is 0.833 bits per heavy atom. The number of carbonyl (C=O) groups is 6. The van der Waals surface area contributed by atoms with E-state index in [2.05, 4.69) is 0 Å². The quantitative estimate of drug-likeness (QED) is 0.111. The minimum Gasteiger partial charge on any atom is -0.488 e. The Balaban J connectivity index is 1.41. The van der Waals surface area contributed by atoms with Gasteiger partial charge in [-0.2, -0.15) is 0 Å². The molecular weight excluding hydrogens is 692 g/mol. The molecule has 54 heavy (non-hydrogen) atoms. The zero-order valence-electron chi connectivity index (χ0n) is 32.1. The third-order valence-corrected chi connectivity index (χ3v) is 9.79. The summed E-state index contributed by atoms with van der Waals surface area (Å²) >= 11 is 0. The number of amides is 4. The SMILES string of the molecule is [2H]C1(C)C(=O)OCCOc2ccc(C(C)(C)C)cc2N2C(=O)c3ccc4c5c(ccc(c35)C2=O)C(=O)N(C4=O)c2cc(C(C)(C)C)ccc2OCCOC1=O. The van der Waals surface area contributed by atoms with Gasteiger partial charge in [0.1, 0.15) is 37.9 Å². The van der Waals surface area contributed by atoms with E-state index in [0.29, 0.717) is 0 Å². The number of carbonyl (C=O) groups excluding carboxylic acids is 6. The summed E-state index contributed by atoms with van der Waals surface area (Å²) < 4.78 is 30.8. The van der Waals surface area contributed by atoms with Crippen molar-refractivity contribution in [3.63, 3.8) is 0 Å². The number of ether oxygens (including phenoxy) is 4. The summed E-state index contributed by atoms with van der Waals surface area (Å²) in [6.07, 6.45) is 0. The monoisotopic (exact) mass is 733 g/mol. The molecule has 0 saturated carbocycles. The molecule has 0 radical (unpaired) electrons. The minimum absolute atomic E-state index is 0.113. The van der Waals surface area contributed by atoms with Crippen molar-refractivity contribution < 1.29 is 49.1 Å². The molecule has 10 rings (SSSR count). The highest BCUT2D eigenvalue weighted by Crippen LogP contribution is 2.44. The summed E-state index contributed by atoms with van der Waals surface area (Å²) in [7, 11) is 0. The number of benzene rings is 4. The summed E-state index contributed by atoms with van der Waals surface area (Å²) in [6.45, 7) is 11.6. The van der Waals surface area contributed by atoms with Gasteiger partial charge in [-0.25, -0.2) is 9.80 Å². The van der Waals surface area contributed by atoms with Crippen molar-refractivity contribution in [3.05, 3.63) is 94.0 Å². The van der Waals surface area contributed by atoms with Crippen LogP contribution in [0.15, 0.2) is 60.7 Å². The van der Waals surface area contributed by atoms with E-state index in [9.17, 15) is 28.8 Å². The third kappa shape index (κ3) is 6.05. The number of imide groups is 2. The van der Waals surface area contributed by atoms with E-state index in [0.717, 1.165) is 27.9 Å². The lowest BCUT2D eigenvalue weighted by molar-refractivity contribution is -0.162. The molecule has 0 fully saturated rings. The molecule has 8 bridgehead atoms. The molecule has 278 valence electrons. The van der Waals surface area contributed by atoms with Gasteiger partial charge >= 0.3 is 11.9 Å². The molecule has 0 N–H and O–H groups in total. The highest BCUT2D eigenvalue weighted by atomic mass is 16.6. The molecule has 0 unspecified atom stereocenters. The maximum absolute atomic E-state index is 14.5. The van der Waals surface area contributed by atoms with Gasteiger partial charge in [0.2, 0.25) is 0 Å². The van der Waals surface area contributed by atoms with Crippen molar-refractivity contribution in [2.45, 2.75) is 59.3 Å². The van der Waals surface area contributed by atoms with Crippen molar-refractivity contribution in [1.82, 2.24) is 0 Å². The predicted molar refractivity (Wildman–Crippen MR) is 199 cm³/mol. The van der Waals surface area contributed by atoms with Crippen LogP contribution in [0, 0.1) is 5.89 Å². The lowest BCUT2D eigenvalue weighted by Gasteiger charge is -2.33. The molecule has 0 aromatic heterocycles. The Morgan fingerprint density at radius 3 is 1.15 bits per heavy atom. The summed E-state index contributed by atoms with van der Waals surface area (Å²) in [5, 5.41) is 0.394. The Labute approximate surface area is 313 Å². The average molecular weight is 734 g/mol. The lowest BCUT2D eigenvalue weighted by Crippen LogP contribution is -2.44. The Morgan fingerprint density at radius 1 is 0.519 bits per heavy atom. The number of nitrogens with zero attached hydrogens (tertiary/aromatic N) is 2. The topological polar surface area (TPSA) is 146 Å². The first-order valence-electron chi connectivity index (χ1n) is 18.1. The fraction of sp³-hybridized carbons (Fsp3) is 0.333. The van der Waals surface area contributed by atoms with Crippen molar-refractivity contribution in [2.75, 3.05) is 36.2 Å². The summed E-state index contributed by atoms with van der Waals surface area (Å²) in [5.41, 5.74) is 1.48. The van der Waals surface area contributed by atoms with E-state index < -0.39 is 52.3 Å². The molecule has 0 saturated heterocycles. The van der Waals surface area contributed by atoms with Crippen LogP contribution in [0.2, 0.25) is 0 Å². The zero-order valence-corrected chi connectivity index (χ0v) is 31.1. The van der Waals surface area contributed by atoms with Crippen LogP contribution in [-0.2, 0) is 29.9 Å². The van der Waals surface area contributed by atoms with Crippen molar-refractivity contribution in [1.29, 1.82) is 0 Å². The number of rotatable bonds is 0. The molecule has 6 aliphatic rings. The standard InChI is InChI=1S/C42H40N2O10/c1-22-39(49)53-18-16-51-31-14-8-23(41(2,3)4)20-29(31)43-35(45)25-10-12-27-34-28(13-11-26(33(25)34)36(43)46)38(48)44(37(27)47)30-21-24(42(5,6)7)9-15-32(30)52-17-19-54-40(22)50/h8-15,20-22H,16-19H2,1-7H3/i22D. The van der Waals surface area contributed by atoms with Crippen LogP contribution >= 0.6 is 0 Å². The highest BCUT2D eigenvalue weighted by Gasteiger charge is 2.42. The molecule has 4 aromatic rings. The van der Waals surface area contributed by atoms with Gasteiger partial charge in [0.15, 0.2) is 5.89 Å². The second-order valence-corrected chi connectivity index (χ2v) is 15.4. The van der Waals surface area contributed by atoms with Gasteiger partial charge < -0.3 is 18.9 Å². The Bertz CT molecular complexity index is 2140. The Hall–Kier alpha value is -6.04. The van der Waals surface area contributed by atoms with Crippen LogP contribution in [0.3, 0.4) is 0 Å². The van der Waals surface area contributed by atoms with Gasteiger partial charge in [0.25, 0.3) is 23.6 Å². The Kier molecular flexibility index (Phi) is 8.51. The third-order valence-electron chi connectivity index (χ3n) is 9.79. The van der Waals surface area contributed by atoms with Crippen LogP contribution in [-0.4, -0.2) is 62.0 Å². The number of hydrogen-bond donors (Lipinski definition) is 0. The van der Waals surface area contributed by atoms with Crippen LogP contribution < -0.4 is 19.3 Å². The van der Waals surface area contributed by atoms with Gasteiger partial charge in [-0.15, -0.1) is 0 Å². The second kappa shape index (κ2) is 13.1. The largest absolute Gasteiger partial charge is 0.488 e. The van der Waals surface area contributed by atoms with Crippen LogP contribution in [0.5, 0.6) is 11.5 Å². The number of anilines is 2. The molecule has 12 heteroatoms. The van der Waals surface area contributed by atoms with Crippen LogP contribution in [0.1, 0.15) is 102 Å². The van der Waals surface area contributed by atoms with E-state index in [1.165, 1.54) is 24.3 Å². The average Bonchev–Trinajstić information content (AvgIpc) is 3.12. The smallest absolute Gasteiger partial charge is 0.320 e. The molecule has 0 aliphatic carbocycles. The van der Waals surface area contributed by atoms with Gasteiger partial charge in [-0.05, 0) is 77.4 Å². The fourth-order valence-electron chi connectivity index (χ4n) is 6.75. The first-order chi connectivity index (χ1) is 25.8. The predicted octanol–water partition coefficient (Wildman–Crippen LogP) is 6.53. The first-order valence-corrected chi connectivity index (χ1v) is 17.6. The highest BCUT2D eigenvalue weighted by molar-refractivity contribution is 6.42. The zero-order chi connectivity index (χ0) is 39.8. The molecule has 4 amide bonds. The summed E-state index contributed by atoms with van der Waals surface area (Å²) in [4.78, 5) is 85.7. The normalized spacial score (nSPS) is 18.0. The van der Waals surface area contributed by atoms with Crippen LogP contribution in [0.4, 0.5) is 11.4 Å². The van der Waals surface area contributed by atoms with Crippen molar-refractivity contribution >= 4 is 57.7 Å². The van der Waals surface area contributed by atoms with E-state index >= 15 is 0 Å². The van der Waals surface area contributed by atoms with Gasteiger partial charge in [-0.1, -0.05) is 53.7 Å². The van der Waals surface area contributed by atoms with Gasteiger partial charge in [0.05, 0.1) is 12.7 Å². The van der Waals surface area contributed by atoms with Crippen LogP contribution in [0.25, 0.3) is 10.8 Å². The second-order valence-electron chi connectivity index (χ2n) is 15.4. The molecule has 12 nitrogen and oxygen atoms in total. The number of esters is 2. The molecule has 6 heterocycles. The lowest BCUT2D eigenvalue weighted by atomic mass is 9.84. The van der Waals surface area contributed by atoms with Gasteiger partial charge in [-0.3, -0.25) is 28.8 Å². The maximum atomic E-state index is 14.5. The maximum Gasteiger partial charge on any atom is 0.320 e. The van der Waals surface area contributed by atoms with Crippen molar-refractivity contribution in [2.24, 2.45) is 5.89 Å². The van der Waals surface area contributed by atoms with Crippen molar-refractivity contribution in [3.8, 4) is 11.5 Å². The molecule has 0 spiro atoms. The van der Waals surface area contributed by atoms with E-state index in [-0.39, 0.29) is 82.3 Å². The summed E-state index contributed by atoms with van der Waals surface area (Å²) in [5.74, 6) is -7.32. The summed E-state index contributed by atoms with van der Waals surface area (Å²) in [6, 6.07) is 16.1.